The number of hydrogen-bond donors (Lipinski definition) is 2. The third-order valence-electron chi connectivity index (χ3n) is 4.01. The lowest BCUT2D eigenvalue weighted by molar-refractivity contribution is 0.117. The predicted molar refractivity (Wildman–Crippen MR) is 62.0 cm³/mol. The Balaban J connectivity index is 1.56. The first kappa shape index (κ1) is 11.4. The standard InChI is InChI=1S/C12H24N2O/c1-12(2)5-9(12)6-13-7-10-4-11(15-3)8-14-10/h9-11,13-14H,4-8H2,1-3H3. The molecule has 2 N–H and O–H groups in total. The number of hydrogen-bond acceptors (Lipinski definition) is 3. The molecular formula is C12H24N2O. The third-order valence-corrected chi connectivity index (χ3v) is 4.01. The summed E-state index contributed by atoms with van der Waals surface area (Å²) in [5.41, 5.74) is 0.602. The topological polar surface area (TPSA) is 33.3 Å². The van der Waals surface area contributed by atoms with Crippen molar-refractivity contribution in [2.45, 2.75) is 38.8 Å². The molecule has 1 heterocycles. The zero-order chi connectivity index (χ0) is 10.9. The minimum atomic E-state index is 0.425. The van der Waals surface area contributed by atoms with Gasteiger partial charge in [0, 0.05) is 26.2 Å². The van der Waals surface area contributed by atoms with Gasteiger partial charge in [-0.3, -0.25) is 0 Å². The zero-order valence-electron chi connectivity index (χ0n) is 10.2. The molecule has 0 spiro atoms. The SMILES string of the molecule is COC1CNC(CNCC2CC2(C)C)C1. The molecule has 0 bridgehead atoms. The highest BCUT2D eigenvalue weighted by molar-refractivity contribution is 4.96. The average molecular weight is 212 g/mol. The second-order valence-electron chi connectivity index (χ2n) is 5.75. The molecule has 15 heavy (non-hydrogen) atoms. The number of rotatable bonds is 5. The highest BCUT2D eigenvalue weighted by Crippen LogP contribution is 2.50. The Hall–Kier alpha value is -0.120. The molecule has 88 valence electrons. The average Bonchev–Trinajstić information content (AvgIpc) is 2.65. The van der Waals surface area contributed by atoms with Crippen LogP contribution < -0.4 is 10.6 Å². The first-order chi connectivity index (χ1) is 7.12. The molecule has 0 aromatic heterocycles. The van der Waals surface area contributed by atoms with Crippen molar-refractivity contribution in [3.63, 3.8) is 0 Å². The van der Waals surface area contributed by atoms with Crippen molar-refractivity contribution in [2.24, 2.45) is 11.3 Å². The van der Waals surface area contributed by atoms with E-state index in [-0.39, 0.29) is 0 Å². The lowest BCUT2D eigenvalue weighted by Crippen LogP contribution is -2.35. The van der Waals surface area contributed by atoms with Gasteiger partial charge in [0.1, 0.15) is 0 Å². The molecule has 0 aromatic carbocycles. The van der Waals surface area contributed by atoms with Gasteiger partial charge >= 0.3 is 0 Å². The van der Waals surface area contributed by atoms with Crippen LogP contribution in [0.1, 0.15) is 26.7 Å². The number of nitrogens with one attached hydrogen (secondary N) is 2. The fourth-order valence-electron chi connectivity index (χ4n) is 2.47. The molecule has 1 aliphatic carbocycles. The van der Waals surface area contributed by atoms with Crippen LogP contribution in [0.25, 0.3) is 0 Å². The third kappa shape index (κ3) is 2.92. The molecule has 1 aliphatic heterocycles. The van der Waals surface area contributed by atoms with E-state index >= 15 is 0 Å². The van der Waals surface area contributed by atoms with Crippen LogP contribution in [0.5, 0.6) is 0 Å². The van der Waals surface area contributed by atoms with E-state index in [0.29, 0.717) is 17.6 Å². The largest absolute Gasteiger partial charge is 0.380 e. The second kappa shape index (κ2) is 4.40. The van der Waals surface area contributed by atoms with Crippen LogP contribution in [-0.2, 0) is 4.74 Å². The van der Waals surface area contributed by atoms with Crippen LogP contribution in [0.3, 0.4) is 0 Å². The van der Waals surface area contributed by atoms with E-state index in [1.54, 1.807) is 7.11 Å². The van der Waals surface area contributed by atoms with Crippen LogP contribution in [-0.4, -0.2) is 38.9 Å². The highest BCUT2D eigenvalue weighted by Gasteiger charge is 2.44. The van der Waals surface area contributed by atoms with Crippen LogP contribution in [0, 0.1) is 11.3 Å². The Labute approximate surface area is 93.0 Å². The summed E-state index contributed by atoms with van der Waals surface area (Å²) < 4.78 is 5.32. The summed E-state index contributed by atoms with van der Waals surface area (Å²) in [7, 11) is 1.80. The Morgan fingerprint density at radius 2 is 2.13 bits per heavy atom. The van der Waals surface area contributed by atoms with Crippen molar-refractivity contribution in [3.8, 4) is 0 Å². The molecule has 0 radical (unpaired) electrons. The van der Waals surface area contributed by atoms with Gasteiger partial charge in [0.25, 0.3) is 0 Å². The van der Waals surface area contributed by atoms with E-state index in [1.165, 1.54) is 13.0 Å². The first-order valence-corrected chi connectivity index (χ1v) is 6.09. The van der Waals surface area contributed by atoms with Gasteiger partial charge in [-0.05, 0) is 30.7 Å². The minimum Gasteiger partial charge on any atom is -0.380 e. The Morgan fingerprint density at radius 3 is 2.67 bits per heavy atom. The van der Waals surface area contributed by atoms with Crippen molar-refractivity contribution in [3.05, 3.63) is 0 Å². The van der Waals surface area contributed by atoms with Crippen molar-refractivity contribution in [1.82, 2.24) is 10.6 Å². The van der Waals surface area contributed by atoms with Gasteiger partial charge in [-0.15, -0.1) is 0 Å². The lowest BCUT2D eigenvalue weighted by atomic mass is 10.1. The van der Waals surface area contributed by atoms with Crippen molar-refractivity contribution < 1.29 is 4.74 Å². The summed E-state index contributed by atoms with van der Waals surface area (Å²) >= 11 is 0. The van der Waals surface area contributed by atoms with Crippen molar-refractivity contribution in [1.29, 1.82) is 0 Å². The fraction of sp³-hybridized carbons (Fsp3) is 1.00. The molecule has 0 aromatic rings. The summed E-state index contributed by atoms with van der Waals surface area (Å²) in [6.07, 6.45) is 2.96. The Kier molecular flexibility index (Phi) is 3.33. The molecule has 3 atom stereocenters. The maximum atomic E-state index is 5.32. The van der Waals surface area contributed by atoms with Gasteiger partial charge < -0.3 is 15.4 Å². The molecule has 1 saturated carbocycles. The number of methoxy groups -OCH3 is 1. The smallest absolute Gasteiger partial charge is 0.0711 e. The fourth-order valence-corrected chi connectivity index (χ4v) is 2.47. The molecule has 0 amide bonds. The quantitative estimate of drug-likeness (QED) is 0.713. The zero-order valence-corrected chi connectivity index (χ0v) is 10.2. The molecule has 2 aliphatic rings. The van der Waals surface area contributed by atoms with Gasteiger partial charge in [-0.2, -0.15) is 0 Å². The van der Waals surface area contributed by atoms with Crippen LogP contribution in [0.4, 0.5) is 0 Å². The molecule has 2 fully saturated rings. The molecule has 3 nitrogen and oxygen atoms in total. The van der Waals surface area contributed by atoms with E-state index in [4.69, 9.17) is 4.74 Å². The van der Waals surface area contributed by atoms with Crippen LogP contribution >= 0.6 is 0 Å². The van der Waals surface area contributed by atoms with Gasteiger partial charge in [0.2, 0.25) is 0 Å². The summed E-state index contributed by atoms with van der Waals surface area (Å²) in [6.45, 7) is 8.00. The normalized spacial score (nSPS) is 38.2. The van der Waals surface area contributed by atoms with Gasteiger partial charge in [0.15, 0.2) is 0 Å². The Bertz CT molecular complexity index is 218. The summed E-state index contributed by atoms with van der Waals surface area (Å²) in [5.74, 6) is 0.900. The first-order valence-electron chi connectivity index (χ1n) is 6.09. The van der Waals surface area contributed by atoms with E-state index in [9.17, 15) is 0 Å². The predicted octanol–water partition coefficient (Wildman–Crippen LogP) is 0.999. The number of ether oxygens (including phenoxy) is 1. The minimum absolute atomic E-state index is 0.425. The second-order valence-corrected chi connectivity index (χ2v) is 5.75. The van der Waals surface area contributed by atoms with Crippen LogP contribution in [0.15, 0.2) is 0 Å². The van der Waals surface area contributed by atoms with E-state index in [1.807, 2.05) is 0 Å². The maximum Gasteiger partial charge on any atom is 0.0711 e. The van der Waals surface area contributed by atoms with Gasteiger partial charge in [-0.25, -0.2) is 0 Å². The van der Waals surface area contributed by atoms with E-state index < -0.39 is 0 Å². The van der Waals surface area contributed by atoms with E-state index in [2.05, 4.69) is 24.5 Å². The molecule has 3 heteroatoms. The molecular weight excluding hydrogens is 188 g/mol. The summed E-state index contributed by atoms with van der Waals surface area (Å²) in [4.78, 5) is 0. The maximum absolute atomic E-state index is 5.32. The van der Waals surface area contributed by atoms with Gasteiger partial charge in [-0.1, -0.05) is 13.8 Å². The van der Waals surface area contributed by atoms with Gasteiger partial charge in [0.05, 0.1) is 6.10 Å². The molecule has 3 unspecified atom stereocenters. The monoisotopic (exact) mass is 212 g/mol. The van der Waals surface area contributed by atoms with Crippen molar-refractivity contribution >= 4 is 0 Å². The molecule has 2 rings (SSSR count). The van der Waals surface area contributed by atoms with Crippen molar-refractivity contribution in [2.75, 3.05) is 26.7 Å². The van der Waals surface area contributed by atoms with E-state index in [0.717, 1.165) is 25.4 Å². The van der Waals surface area contributed by atoms with Crippen LogP contribution in [0.2, 0.25) is 0 Å². The summed E-state index contributed by atoms with van der Waals surface area (Å²) in [5, 5.41) is 7.06. The Morgan fingerprint density at radius 1 is 1.40 bits per heavy atom. The molecule has 1 saturated heterocycles. The highest BCUT2D eigenvalue weighted by atomic mass is 16.5. The summed E-state index contributed by atoms with van der Waals surface area (Å²) in [6, 6.07) is 0.608. The lowest BCUT2D eigenvalue weighted by Gasteiger charge is -2.12.